The van der Waals surface area contributed by atoms with Gasteiger partial charge in [-0.15, -0.1) is 10.2 Å². The minimum atomic E-state index is -0.222. The highest BCUT2D eigenvalue weighted by molar-refractivity contribution is 7.98. The Bertz CT molecular complexity index is 924. The fourth-order valence-electron chi connectivity index (χ4n) is 2.61. The minimum absolute atomic E-state index is 0.222. The van der Waals surface area contributed by atoms with Crippen molar-refractivity contribution in [2.24, 2.45) is 0 Å². The zero-order chi connectivity index (χ0) is 19.2. The number of aryl methyl sites for hydroxylation is 1. The fraction of sp³-hybridized carbons (Fsp3) is 0.250. The van der Waals surface area contributed by atoms with Crippen LogP contribution in [0.25, 0.3) is 0 Å². The molecule has 0 atom stereocenters. The van der Waals surface area contributed by atoms with Gasteiger partial charge in [-0.3, -0.25) is 4.79 Å². The largest absolute Gasteiger partial charge is 0.345 e. The number of rotatable bonds is 7. The Balaban J connectivity index is 1.64. The summed E-state index contributed by atoms with van der Waals surface area (Å²) in [6, 6.07) is 15.4. The molecule has 1 heterocycles. The number of nitrogens with zero attached hydrogens (tertiary/aromatic N) is 3. The molecule has 0 spiro atoms. The van der Waals surface area contributed by atoms with Crippen LogP contribution in [0.2, 0.25) is 5.02 Å². The molecule has 0 radical (unpaired) electrons. The second-order valence-corrected chi connectivity index (χ2v) is 7.43. The number of benzene rings is 2. The number of hydrogen-bond donors (Lipinski definition) is 1. The molecule has 1 N–H and O–H groups in total. The van der Waals surface area contributed by atoms with Gasteiger partial charge in [-0.1, -0.05) is 65.3 Å². The summed E-state index contributed by atoms with van der Waals surface area (Å²) >= 11 is 7.72. The Hall–Kier alpha value is -2.31. The standard InChI is InChI=1S/C20H21ClN4OS/c1-3-25-18(12-22-19(26)16-6-4-5-7-17(16)21)23-24-20(25)27-13-15-10-8-14(2)9-11-15/h4-11H,3,12-13H2,1-2H3,(H,22,26). The lowest BCUT2D eigenvalue weighted by molar-refractivity contribution is 0.0949. The van der Waals surface area contributed by atoms with Gasteiger partial charge in [0.1, 0.15) is 0 Å². The molecular formula is C20H21ClN4OS. The molecule has 0 fully saturated rings. The lowest BCUT2D eigenvalue weighted by Gasteiger charge is -2.09. The van der Waals surface area contributed by atoms with Gasteiger partial charge in [0.05, 0.1) is 17.1 Å². The second-order valence-electron chi connectivity index (χ2n) is 6.08. The van der Waals surface area contributed by atoms with E-state index in [1.54, 1.807) is 36.0 Å². The summed E-state index contributed by atoms with van der Waals surface area (Å²) in [5, 5.41) is 12.7. The molecular weight excluding hydrogens is 380 g/mol. The van der Waals surface area contributed by atoms with Crippen LogP contribution < -0.4 is 5.32 Å². The molecule has 2 aromatic carbocycles. The number of aromatic nitrogens is 3. The third-order valence-corrected chi connectivity index (χ3v) is 5.49. The van der Waals surface area contributed by atoms with Gasteiger partial charge in [0.15, 0.2) is 11.0 Å². The maximum Gasteiger partial charge on any atom is 0.253 e. The topological polar surface area (TPSA) is 59.8 Å². The smallest absolute Gasteiger partial charge is 0.253 e. The SMILES string of the molecule is CCn1c(CNC(=O)c2ccccc2Cl)nnc1SCc1ccc(C)cc1. The van der Waals surface area contributed by atoms with Crippen molar-refractivity contribution in [1.82, 2.24) is 20.1 Å². The molecule has 0 aliphatic rings. The van der Waals surface area contributed by atoms with Crippen LogP contribution in [0.5, 0.6) is 0 Å². The molecule has 1 aromatic heterocycles. The summed E-state index contributed by atoms with van der Waals surface area (Å²) in [5.74, 6) is 1.33. The maximum atomic E-state index is 12.3. The average molecular weight is 401 g/mol. The molecule has 3 aromatic rings. The molecule has 5 nitrogen and oxygen atoms in total. The number of thioether (sulfide) groups is 1. The Morgan fingerprint density at radius 2 is 1.89 bits per heavy atom. The fourth-order valence-corrected chi connectivity index (χ4v) is 3.80. The lowest BCUT2D eigenvalue weighted by Crippen LogP contribution is -2.25. The first-order chi connectivity index (χ1) is 13.1. The lowest BCUT2D eigenvalue weighted by atomic mass is 10.2. The Kier molecular flexibility index (Phi) is 6.53. The van der Waals surface area contributed by atoms with Crippen LogP contribution in [0.1, 0.15) is 34.2 Å². The van der Waals surface area contributed by atoms with Crippen LogP contribution in [0.15, 0.2) is 53.7 Å². The predicted molar refractivity (Wildman–Crippen MR) is 109 cm³/mol. The molecule has 1 amide bonds. The van der Waals surface area contributed by atoms with Gasteiger partial charge in [-0.2, -0.15) is 0 Å². The summed E-state index contributed by atoms with van der Waals surface area (Å²) in [4.78, 5) is 12.3. The van der Waals surface area contributed by atoms with Gasteiger partial charge >= 0.3 is 0 Å². The summed E-state index contributed by atoms with van der Waals surface area (Å²) in [6.45, 7) is 5.16. The minimum Gasteiger partial charge on any atom is -0.345 e. The first kappa shape index (κ1) is 19.5. The van der Waals surface area contributed by atoms with Gasteiger partial charge in [0.25, 0.3) is 5.91 Å². The molecule has 0 bridgehead atoms. The van der Waals surface area contributed by atoms with Crippen LogP contribution >= 0.6 is 23.4 Å². The van der Waals surface area contributed by atoms with E-state index in [1.165, 1.54) is 11.1 Å². The van der Waals surface area contributed by atoms with Crippen molar-refractivity contribution < 1.29 is 4.79 Å². The molecule has 27 heavy (non-hydrogen) atoms. The molecule has 140 valence electrons. The van der Waals surface area contributed by atoms with Crippen molar-refractivity contribution in [2.75, 3.05) is 0 Å². The molecule has 0 saturated heterocycles. The van der Waals surface area contributed by atoms with Gasteiger partial charge in [-0.05, 0) is 31.5 Å². The van der Waals surface area contributed by atoms with Gasteiger partial charge < -0.3 is 9.88 Å². The highest BCUT2D eigenvalue weighted by atomic mass is 35.5. The monoisotopic (exact) mass is 400 g/mol. The zero-order valence-corrected chi connectivity index (χ0v) is 16.8. The average Bonchev–Trinajstić information content (AvgIpc) is 3.08. The van der Waals surface area contributed by atoms with Gasteiger partial charge in [0, 0.05) is 12.3 Å². The predicted octanol–water partition coefficient (Wildman–Crippen LogP) is 4.48. The van der Waals surface area contributed by atoms with Gasteiger partial charge in [0.2, 0.25) is 0 Å². The summed E-state index contributed by atoms with van der Waals surface area (Å²) < 4.78 is 2.02. The van der Waals surface area contributed by atoms with Gasteiger partial charge in [-0.25, -0.2) is 0 Å². The van der Waals surface area contributed by atoms with E-state index in [1.807, 2.05) is 11.5 Å². The molecule has 0 aliphatic heterocycles. The van der Waals surface area contributed by atoms with Crippen molar-refractivity contribution in [3.8, 4) is 0 Å². The van der Waals surface area contributed by atoms with Crippen LogP contribution in [0, 0.1) is 6.92 Å². The van der Waals surface area contributed by atoms with Crippen molar-refractivity contribution in [1.29, 1.82) is 0 Å². The Morgan fingerprint density at radius 1 is 1.15 bits per heavy atom. The molecule has 3 rings (SSSR count). The van der Waals surface area contributed by atoms with Crippen molar-refractivity contribution >= 4 is 29.3 Å². The van der Waals surface area contributed by atoms with Crippen LogP contribution in [0.3, 0.4) is 0 Å². The van der Waals surface area contributed by atoms with E-state index in [-0.39, 0.29) is 5.91 Å². The second kappa shape index (κ2) is 9.06. The van der Waals surface area contributed by atoms with Crippen molar-refractivity contribution in [3.63, 3.8) is 0 Å². The van der Waals surface area contributed by atoms with E-state index in [0.29, 0.717) is 17.1 Å². The number of nitrogens with one attached hydrogen (secondary N) is 1. The van der Waals surface area contributed by atoms with E-state index in [2.05, 4.69) is 46.7 Å². The van der Waals surface area contributed by atoms with E-state index in [9.17, 15) is 4.79 Å². The normalized spacial score (nSPS) is 10.8. The quantitative estimate of drug-likeness (QED) is 0.594. The summed E-state index contributed by atoms with van der Waals surface area (Å²) in [5.41, 5.74) is 2.94. The van der Waals surface area contributed by atoms with Crippen LogP contribution in [-0.4, -0.2) is 20.7 Å². The van der Waals surface area contributed by atoms with E-state index in [4.69, 9.17) is 11.6 Å². The Labute approximate surface area is 168 Å². The first-order valence-electron chi connectivity index (χ1n) is 8.71. The first-order valence-corrected chi connectivity index (χ1v) is 10.1. The van der Waals surface area contributed by atoms with E-state index >= 15 is 0 Å². The van der Waals surface area contributed by atoms with E-state index in [0.717, 1.165) is 23.3 Å². The molecule has 7 heteroatoms. The number of carbonyl (C=O) groups excluding carboxylic acids is 1. The van der Waals surface area contributed by atoms with Crippen molar-refractivity contribution in [2.45, 2.75) is 37.8 Å². The third kappa shape index (κ3) is 4.90. The summed E-state index contributed by atoms with van der Waals surface area (Å²) in [6.07, 6.45) is 0. The van der Waals surface area contributed by atoms with Crippen LogP contribution in [-0.2, 0) is 18.8 Å². The Morgan fingerprint density at radius 3 is 2.59 bits per heavy atom. The van der Waals surface area contributed by atoms with Crippen molar-refractivity contribution in [3.05, 3.63) is 76.1 Å². The highest BCUT2D eigenvalue weighted by Gasteiger charge is 2.14. The highest BCUT2D eigenvalue weighted by Crippen LogP contribution is 2.22. The number of hydrogen-bond acceptors (Lipinski definition) is 4. The maximum absolute atomic E-state index is 12.3. The number of carbonyl (C=O) groups is 1. The molecule has 0 unspecified atom stereocenters. The third-order valence-electron chi connectivity index (χ3n) is 4.12. The zero-order valence-electron chi connectivity index (χ0n) is 15.3. The van der Waals surface area contributed by atoms with Crippen LogP contribution in [0.4, 0.5) is 0 Å². The number of amides is 1. The molecule has 0 aliphatic carbocycles. The number of halogens is 1. The summed E-state index contributed by atoms with van der Waals surface area (Å²) in [7, 11) is 0. The molecule has 0 saturated carbocycles. The van der Waals surface area contributed by atoms with E-state index < -0.39 is 0 Å².